The summed E-state index contributed by atoms with van der Waals surface area (Å²) in [5.74, 6) is 0.981. The van der Waals surface area contributed by atoms with Gasteiger partial charge < -0.3 is 10.1 Å². The largest absolute Gasteiger partial charge is 0.496 e. The summed E-state index contributed by atoms with van der Waals surface area (Å²) >= 11 is 0. The van der Waals surface area contributed by atoms with Crippen molar-refractivity contribution in [2.45, 2.75) is 33.2 Å². The van der Waals surface area contributed by atoms with Gasteiger partial charge in [0, 0.05) is 0 Å². The van der Waals surface area contributed by atoms with Gasteiger partial charge in [0.2, 0.25) is 0 Å². The third-order valence-corrected chi connectivity index (χ3v) is 4.03. The maximum atomic E-state index is 5.46. The summed E-state index contributed by atoms with van der Waals surface area (Å²) in [6.45, 7) is 6.38. The number of rotatable bonds is 5. The molecule has 0 amide bonds. The second-order valence-corrected chi connectivity index (χ2v) is 5.50. The van der Waals surface area contributed by atoms with Gasteiger partial charge in [-0.05, 0) is 55.1 Å². The van der Waals surface area contributed by atoms with Gasteiger partial charge in [0.1, 0.15) is 5.75 Å². The quantitative estimate of drug-likeness (QED) is 0.888. The molecule has 0 bridgehead atoms. The van der Waals surface area contributed by atoms with Gasteiger partial charge in [0.15, 0.2) is 0 Å². The molecule has 112 valence electrons. The molecule has 0 heterocycles. The van der Waals surface area contributed by atoms with Crippen molar-refractivity contribution < 1.29 is 4.74 Å². The average Bonchev–Trinajstić information content (AvgIpc) is 2.48. The van der Waals surface area contributed by atoms with Crippen molar-refractivity contribution in [1.29, 1.82) is 0 Å². The van der Waals surface area contributed by atoms with Gasteiger partial charge in [0.05, 0.1) is 13.2 Å². The molecule has 0 saturated carbocycles. The lowest BCUT2D eigenvalue weighted by atomic mass is 9.94. The van der Waals surface area contributed by atoms with Crippen LogP contribution in [0.2, 0.25) is 0 Å². The number of ether oxygens (including phenoxy) is 1. The summed E-state index contributed by atoms with van der Waals surface area (Å²) in [4.78, 5) is 0. The van der Waals surface area contributed by atoms with E-state index in [0.717, 1.165) is 12.2 Å². The van der Waals surface area contributed by atoms with Crippen LogP contribution in [-0.2, 0) is 6.42 Å². The molecule has 1 atom stereocenters. The molecule has 0 aliphatic carbocycles. The Labute approximate surface area is 128 Å². The molecule has 0 radical (unpaired) electrons. The third kappa shape index (κ3) is 3.27. The van der Waals surface area contributed by atoms with Crippen LogP contribution < -0.4 is 10.1 Å². The average molecular weight is 283 g/mol. The topological polar surface area (TPSA) is 21.3 Å². The normalized spacial score (nSPS) is 12.2. The van der Waals surface area contributed by atoms with E-state index in [2.05, 4.69) is 62.5 Å². The lowest BCUT2D eigenvalue weighted by Crippen LogP contribution is -2.18. The highest BCUT2D eigenvalue weighted by atomic mass is 16.5. The predicted octanol–water partition coefficient (Wildman–Crippen LogP) is 4.18. The van der Waals surface area contributed by atoms with Crippen LogP contribution >= 0.6 is 0 Å². The van der Waals surface area contributed by atoms with Crippen molar-refractivity contribution in [2.75, 3.05) is 14.2 Å². The molecule has 0 aromatic heterocycles. The number of hydrogen-bond acceptors (Lipinski definition) is 2. The summed E-state index contributed by atoms with van der Waals surface area (Å²) in [5, 5.41) is 3.42. The number of nitrogens with one attached hydrogen (secondary N) is 1. The van der Waals surface area contributed by atoms with Gasteiger partial charge in [-0.2, -0.15) is 0 Å². The van der Waals surface area contributed by atoms with Crippen LogP contribution in [0.5, 0.6) is 5.75 Å². The first-order chi connectivity index (χ1) is 10.1. The van der Waals surface area contributed by atoms with E-state index in [4.69, 9.17) is 4.74 Å². The SMILES string of the molecule is CCc1ccc(C(NC)c2cc(C)c(OC)c(C)c2)cc1. The third-order valence-electron chi connectivity index (χ3n) is 4.03. The Morgan fingerprint density at radius 1 is 1.00 bits per heavy atom. The summed E-state index contributed by atoms with van der Waals surface area (Å²) in [5.41, 5.74) is 6.29. The minimum Gasteiger partial charge on any atom is -0.496 e. The van der Waals surface area contributed by atoms with Gasteiger partial charge >= 0.3 is 0 Å². The van der Waals surface area contributed by atoms with Crippen molar-refractivity contribution >= 4 is 0 Å². The predicted molar refractivity (Wildman–Crippen MR) is 89.2 cm³/mol. The zero-order chi connectivity index (χ0) is 15.4. The Hall–Kier alpha value is -1.80. The lowest BCUT2D eigenvalue weighted by molar-refractivity contribution is 0.408. The van der Waals surface area contributed by atoms with Crippen LogP contribution in [0.15, 0.2) is 36.4 Å². The van der Waals surface area contributed by atoms with E-state index in [-0.39, 0.29) is 6.04 Å². The number of benzene rings is 2. The van der Waals surface area contributed by atoms with Crippen molar-refractivity contribution in [1.82, 2.24) is 5.32 Å². The second kappa shape index (κ2) is 6.77. The number of methoxy groups -OCH3 is 1. The first-order valence-corrected chi connectivity index (χ1v) is 7.52. The van der Waals surface area contributed by atoms with Crippen LogP contribution in [0.25, 0.3) is 0 Å². The van der Waals surface area contributed by atoms with Crippen LogP contribution in [0.3, 0.4) is 0 Å². The summed E-state index contributed by atoms with van der Waals surface area (Å²) in [6.07, 6.45) is 1.07. The molecule has 1 N–H and O–H groups in total. The Balaban J connectivity index is 2.41. The smallest absolute Gasteiger partial charge is 0.124 e. The summed E-state index contributed by atoms with van der Waals surface area (Å²) in [6, 6.07) is 13.5. The Morgan fingerprint density at radius 3 is 2.00 bits per heavy atom. The lowest BCUT2D eigenvalue weighted by Gasteiger charge is -2.20. The van der Waals surface area contributed by atoms with Crippen molar-refractivity contribution in [2.24, 2.45) is 0 Å². The zero-order valence-corrected chi connectivity index (χ0v) is 13.7. The molecule has 2 aromatic carbocycles. The van der Waals surface area contributed by atoms with E-state index in [9.17, 15) is 0 Å². The molecule has 21 heavy (non-hydrogen) atoms. The van der Waals surface area contributed by atoms with Crippen molar-refractivity contribution in [3.63, 3.8) is 0 Å². The molecular weight excluding hydrogens is 258 g/mol. The fourth-order valence-corrected chi connectivity index (χ4v) is 2.94. The van der Waals surface area contributed by atoms with E-state index in [1.807, 2.05) is 7.05 Å². The van der Waals surface area contributed by atoms with Gasteiger partial charge in [-0.3, -0.25) is 0 Å². The number of hydrogen-bond donors (Lipinski definition) is 1. The maximum Gasteiger partial charge on any atom is 0.124 e. The van der Waals surface area contributed by atoms with Crippen molar-refractivity contribution in [3.05, 3.63) is 64.2 Å². The monoisotopic (exact) mass is 283 g/mol. The molecule has 2 aromatic rings. The summed E-state index contributed by atoms with van der Waals surface area (Å²) < 4.78 is 5.46. The van der Waals surface area contributed by atoms with Crippen LogP contribution in [-0.4, -0.2) is 14.2 Å². The van der Waals surface area contributed by atoms with Crippen LogP contribution in [0, 0.1) is 13.8 Å². The molecule has 1 unspecified atom stereocenters. The van der Waals surface area contributed by atoms with Gasteiger partial charge in [-0.15, -0.1) is 0 Å². The highest BCUT2D eigenvalue weighted by Gasteiger charge is 2.15. The minimum absolute atomic E-state index is 0.208. The van der Waals surface area contributed by atoms with Gasteiger partial charge in [-0.1, -0.05) is 43.3 Å². The molecule has 2 nitrogen and oxygen atoms in total. The molecule has 0 aliphatic heterocycles. The van der Waals surface area contributed by atoms with Crippen LogP contribution in [0.1, 0.15) is 40.8 Å². The highest BCUT2D eigenvalue weighted by Crippen LogP contribution is 2.30. The Kier molecular flexibility index (Phi) is 5.03. The first-order valence-electron chi connectivity index (χ1n) is 7.52. The molecule has 0 aliphatic rings. The fourth-order valence-electron chi connectivity index (χ4n) is 2.94. The maximum absolute atomic E-state index is 5.46. The molecule has 0 fully saturated rings. The van der Waals surface area contributed by atoms with E-state index in [0.29, 0.717) is 0 Å². The molecular formula is C19H25NO. The summed E-state index contributed by atoms with van der Waals surface area (Å²) in [7, 11) is 3.74. The van der Waals surface area contributed by atoms with E-state index in [1.165, 1.54) is 27.8 Å². The fraction of sp³-hybridized carbons (Fsp3) is 0.368. The zero-order valence-electron chi connectivity index (χ0n) is 13.7. The minimum atomic E-state index is 0.208. The van der Waals surface area contributed by atoms with Gasteiger partial charge in [-0.25, -0.2) is 0 Å². The Morgan fingerprint density at radius 2 is 1.57 bits per heavy atom. The standard InChI is InChI=1S/C19H25NO/c1-6-15-7-9-16(10-8-15)18(20-4)17-11-13(2)19(21-5)14(3)12-17/h7-12,18,20H,6H2,1-5H3. The van der Waals surface area contributed by atoms with Crippen molar-refractivity contribution in [3.8, 4) is 5.75 Å². The first kappa shape index (κ1) is 15.6. The number of aryl methyl sites for hydroxylation is 3. The van der Waals surface area contributed by atoms with Gasteiger partial charge in [0.25, 0.3) is 0 Å². The molecule has 2 heteroatoms. The van der Waals surface area contributed by atoms with Crippen LogP contribution in [0.4, 0.5) is 0 Å². The highest BCUT2D eigenvalue weighted by molar-refractivity contribution is 5.46. The Bertz CT molecular complexity index is 578. The molecule has 0 spiro atoms. The van der Waals surface area contributed by atoms with E-state index in [1.54, 1.807) is 7.11 Å². The van der Waals surface area contributed by atoms with E-state index < -0.39 is 0 Å². The second-order valence-electron chi connectivity index (χ2n) is 5.50. The van der Waals surface area contributed by atoms with E-state index >= 15 is 0 Å². The molecule has 0 saturated heterocycles. The molecule has 2 rings (SSSR count).